The van der Waals surface area contributed by atoms with Crippen LogP contribution in [0.2, 0.25) is 10.0 Å². The average molecular weight is 529 g/mol. The monoisotopic (exact) mass is 528 g/mol. The number of anilines is 2. The Balaban J connectivity index is 1.38. The third-order valence-corrected chi connectivity index (χ3v) is 6.88. The summed E-state index contributed by atoms with van der Waals surface area (Å²) in [6.45, 7) is 1.87. The number of nitrogens with one attached hydrogen (secondary N) is 1. The standard InChI is InChI=1S/C25H18Cl2N2O3S2/c1-15-2-6-17(7-3-15)28-23(30)14-32-19-9-4-16(5-10-19)12-22-24(31)29(25(33)34-22)18-8-11-20(26)21(27)13-18/h2-13H,14H2,1H3,(H,28,30)/b22-12-. The number of ether oxygens (including phenoxy) is 1. The Hall–Kier alpha value is -2.84. The SMILES string of the molecule is Cc1ccc(NC(=O)COc2ccc(/C=C3\SC(=S)N(c4ccc(Cl)c(Cl)c4)C3=O)cc2)cc1. The molecular weight excluding hydrogens is 511 g/mol. The average Bonchev–Trinajstić information content (AvgIpc) is 3.09. The van der Waals surface area contributed by atoms with E-state index in [1.54, 1.807) is 48.5 Å². The normalized spacial score (nSPS) is 14.6. The molecule has 0 saturated carbocycles. The molecule has 2 amide bonds. The van der Waals surface area contributed by atoms with Gasteiger partial charge in [-0.05, 0) is 61.0 Å². The number of nitrogens with zero attached hydrogens (tertiary/aromatic N) is 1. The van der Waals surface area contributed by atoms with Crippen LogP contribution in [-0.4, -0.2) is 22.7 Å². The Bertz CT molecular complexity index is 1290. The minimum absolute atomic E-state index is 0.116. The lowest BCUT2D eigenvalue weighted by molar-refractivity contribution is -0.118. The van der Waals surface area contributed by atoms with E-state index < -0.39 is 0 Å². The van der Waals surface area contributed by atoms with Crippen LogP contribution >= 0.6 is 47.2 Å². The van der Waals surface area contributed by atoms with Crippen LogP contribution in [0, 0.1) is 6.92 Å². The minimum atomic E-state index is -0.251. The van der Waals surface area contributed by atoms with Crippen molar-refractivity contribution in [3.05, 3.63) is 92.8 Å². The van der Waals surface area contributed by atoms with E-state index in [0.717, 1.165) is 11.1 Å². The van der Waals surface area contributed by atoms with Crippen LogP contribution in [0.15, 0.2) is 71.6 Å². The molecular formula is C25H18Cl2N2O3S2. The first-order valence-corrected chi connectivity index (χ1v) is 12.1. The zero-order valence-corrected chi connectivity index (χ0v) is 21.0. The van der Waals surface area contributed by atoms with Gasteiger partial charge in [0.25, 0.3) is 11.8 Å². The van der Waals surface area contributed by atoms with Crippen molar-refractivity contribution in [3.8, 4) is 5.75 Å². The lowest BCUT2D eigenvalue weighted by Crippen LogP contribution is -2.27. The highest BCUT2D eigenvalue weighted by Crippen LogP contribution is 2.38. The molecule has 0 radical (unpaired) electrons. The van der Waals surface area contributed by atoms with Gasteiger partial charge < -0.3 is 10.1 Å². The van der Waals surface area contributed by atoms with Crippen molar-refractivity contribution in [2.45, 2.75) is 6.92 Å². The fourth-order valence-corrected chi connectivity index (χ4v) is 4.70. The largest absolute Gasteiger partial charge is 0.484 e. The summed E-state index contributed by atoms with van der Waals surface area (Å²) in [6, 6.07) is 19.6. The smallest absolute Gasteiger partial charge is 0.270 e. The van der Waals surface area contributed by atoms with Crippen LogP contribution in [0.25, 0.3) is 6.08 Å². The van der Waals surface area contributed by atoms with Crippen LogP contribution in [0.1, 0.15) is 11.1 Å². The Morgan fingerprint density at radius 3 is 2.44 bits per heavy atom. The molecule has 4 rings (SSSR count). The molecule has 1 N–H and O–H groups in total. The molecule has 0 aliphatic carbocycles. The number of hydrogen-bond acceptors (Lipinski definition) is 5. The number of amides is 2. The number of hydrogen-bond donors (Lipinski definition) is 1. The Labute approximate surface area is 216 Å². The molecule has 34 heavy (non-hydrogen) atoms. The second-order valence-corrected chi connectivity index (χ2v) is 9.88. The number of halogens is 2. The summed E-state index contributed by atoms with van der Waals surface area (Å²) < 4.78 is 5.98. The maximum Gasteiger partial charge on any atom is 0.270 e. The zero-order chi connectivity index (χ0) is 24.2. The number of thiocarbonyl (C=S) groups is 1. The molecule has 1 fully saturated rings. The third-order valence-electron chi connectivity index (χ3n) is 4.84. The lowest BCUT2D eigenvalue weighted by atomic mass is 10.2. The second kappa shape index (κ2) is 10.6. The Morgan fingerprint density at radius 2 is 1.76 bits per heavy atom. The summed E-state index contributed by atoms with van der Waals surface area (Å²) in [7, 11) is 0. The van der Waals surface area contributed by atoms with E-state index in [2.05, 4.69) is 5.32 Å². The van der Waals surface area contributed by atoms with Gasteiger partial charge in [-0.15, -0.1) is 0 Å². The number of benzene rings is 3. The first-order valence-electron chi connectivity index (χ1n) is 10.1. The van der Waals surface area contributed by atoms with Crippen LogP contribution in [0.3, 0.4) is 0 Å². The minimum Gasteiger partial charge on any atom is -0.484 e. The summed E-state index contributed by atoms with van der Waals surface area (Å²) in [5.74, 6) is 0.0555. The Kier molecular flexibility index (Phi) is 7.58. The highest BCUT2D eigenvalue weighted by atomic mass is 35.5. The van der Waals surface area contributed by atoms with Crippen LogP contribution in [-0.2, 0) is 9.59 Å². The molecule has 3 aromatic rings. The zero-order valence-electron chi connectivity index (χ0n) is 17.9. The van der Waals surface area contributed by atoms with E-state index in [9.17, 15) is 9.59 Å². The second-order valence-electron chi connectivity index (χ2n) is 7.39. The van der Waals surface area contributed by atoms with E-state index in [1.165, 1.54) is 16.7 Å². The highest BCUT2D eigenvalue weighted by Gasteiger charge is 2.33. The first kappa shape index (κ1) is 24.3. The highest BCUT2D eigenvalue weighted by molar-refractivity contribution is 8.27. The van der Waals surface area contributed by atoms with Gasteiger partial charge in [-0.2, -0.15) is 0 Å². The van der Waals surface area contributed by atoms with Crippen molar-refractivity contribution < 1.29 is 14.3 Å². The summed E-state index contributed by atoms with van der Waals surface area (Å²) in [5, 5.41) is 3.54. The maximum absolute atomic E-state index is 12.9. The molecule has 1 saturated heterocycles. The van der Waals surface area contributed by atoms with Gasteiger partial charge >= 0.3 is 0 Å². The van der Waals surface area contributed by atoms with Crippen molar-refractivity contribution in [3.63, 3.8) is 0 Å². The summed E-state index contributed by atoms with van der Waals surface area (Å²) in [4.78, 5) is 27.0. The van der Waals surface area contributed by atoms with Gasteiger partial charge in [-0.3, -0.25) is 14.5 Å². The summed E-state index contributed by atoms with van der Waals surface area (Å²) in [6.07, 6.45) is 1.75. The molecule has 0 aromatic heterocycles. The molecule has 5 nitrogen and oxygen atoms in total. The predicted octanol–water partition coefficient (Wildman–Crippen LogP) is 6.73. The van der Waals surface area contributed by atoms with Gasteiger partial charge in [0.15, 0.2) is 10.9 Å². The number of carbonyl (C=O) groups excluding carboxylic acids is 2. The van der Waals surface area contributed by atoms with Crippen molar-refractivity contribution in [2.24, 2.45) is 0 Å². The fraction of sp³-hybridized carbons (Fsp3) is 0.0800. The molecule has 3 aromatic carbocycles. The quantitative estimate of drug-likeness (QED) is 0.284. The van der Waals surface area contributed by atoms with Gasteiger partial charge in [0, 0.05) is 5.69 Å². The predicted molar refractivity (Wildman–Crippen MR) is 144 cm³/mol. The molecule has 0 spiro atoms. The molecule has 0 unspecified atom stereocenters. The molecule has 172 valence electrons. The van der Waals surface area contributed by atoms with Gasteiger partial charge in [-0.1, -0.05) is 77.0 Å². The van der Waals surface area contributed by atoms with Gasteiger partial charge in [0.1, 0.15) is 5.75 Å². The molecule has 1 heterocycles. The number of rotatable bonds is 6. The van der Waals surface area contributed by atoms with Crippen molar-refractivity contribution in [1.29, 1.82) is 0 Å². The number of carbonyl (C=O) groups is 2. The molecule has 0 bridgehead atoms. The van der Waals surface area contributed by atoms with Crippen molar-refractivity contribution in [1.82, 2.24) is 0 Å². The number of thioether (sulfide) groups is 1. The van der Waals surface area contributed by atoms with Gasteiger partial charge in [-0.25, -0.2) is 0 Å². The van der Waals surface area contributed by atoms with Crippen LogP contribution < -0.4 is 15.0 Å². The van der Waals surface area contributed by atoms with Gasteiger partial charge in [0.05, 0.1) is 20.6 Å². The lowest BCUT2D eigenvalue weighted by Gasteiger charge is -2.15. The third kappa shape index (κ3) is 5.80. The van der Waals surface area contributed by atoms with Crippen molar-refractivity contribution in [2.75, 3.05) is 16.8 Å². The van der Waals surface area contributed by atoms with Crippen LogP contribution in [0.5, 0.6) is 5.75 Å². The topological polar surface area (TPSA) is 58.6 Å². The van der Waals surface area contributed by atoms with Crippen LogP contribution in [0.4, 0.5) is 11.4 Å². The van der Waals surface area contributed by atoms with Gasteiger partial charge in [0.2, 0.25) is 0 Å². The van der Waals surface area contributed by atoms with E-state index in [4.69, 9.17) is 40.2 Å². The van der Waals surface area contributed by atoms with Crippen molar-refractivity contribution >= 4 is 80.8 Å². The number of aryl methyl sites for hydroxylation is 1. The maximum atomic E-state index is 12.9. The summed E-state index contributed by atoms with van der Waals surface area (Å²) in [5.41, 5.74) is 3.19. The molecule has 9 heteroatoms. The van der Waals surface area contributed by atoms with E-state index in [1.807, 2.05) is 31.2 Å². The van der Waals surface area contributed by atoms with E-state index in [0.29, 0.717) is 36.4 Å². The Morgan fingerprint density at radius 1 is 1.06 bits per heavy atom. The first-order chi connectivity index (χ1) is 16.3. The molecule has 1 aliphatic rings. The van der Waals surface area contributed by atoms with E-state index >= 15 is 0 Å². The molecule has 0 atom stereocenters. The van der Waals surface area contributed by atoms with E-state index in [-0.39, 0.29) is 18.4 Å². The molecule has 1 aliphatic heterocycles. The fourth-order valence-electron chi connectivity index (χ4n) is 3.11. The summed E-state index contributed by atoms with van der Waals surface area (Å²) >= 11 is 18.7.